The van der Waals surface area contributed by atoms with Crippen LogP contribution in [0.5, 0.6) is 0 Å². The topological polar surface area (TPSA) is 99.4 Å². The molecule has 0 radical (unpaired) electrons. The number of aromatic nitrogens is 2. The summed E-state index contributed by atoms with van der Waals surface area (Å²) in [5.41, 5.74) is 2.22. The number of hydrogen-bond donors (Lipinski definition) is 0. The number of hydrogen-bond acceptors (Lipinski definition) is 7. The smallest absolute Gasteiger partial charge is 0.410 e. The van der Waals surface area contributed by atoms with Gasteiger partial charge in [-0.1, -0.05) is 13.0 Å². The summed E-state index contributed by atoms with van der Waals surface area (Å²) in [7, 11) is 0. The monoisotopic (exact) mass is 447 g/mol. The molecule has 0 bridgehead atoms. The predicted octanol–water partition coefficient (Wildman–Crippen LogP) is 4.18. The maximum absolute atomic E-state index is 12.8. The van der Waals surface area contributed by atoms with Crippen molar-refractivity contribution >= 4 is 34.2 Å². The standard InChI is InChI=1S/C23H21N5O3S/c1-2-21(29)28(20-5-3-4-9-26-20)22-18(13-24)17-8-12-27(14-19(17)32-22)23(30)31-15-16-6-10-25-11-7-16/h3-7,9-11H,2,8,12,14-15H2,1H3. The SMILES string of the molecule is CCC(=O)N(c1ccccn1)c1sc2c(c1C#N)CCN(C(=O)OCc1ccncc1)C2. The molecular formula is C23H21N5O3S. The van der Waals surface area contributed by atoms with Crippen molar-refractivity contribution in [3.05, 3.63) is 70.5 Å². The summed E-state index contributed by atoms with van der Waals surface area (Å²) in [6, 6.07) is 11.2. The van der Waals surface area contributed by atoms with Crippen LogP contribution in [0.1, 0.15) is 34.9 Å². The predicted molar refractivity (Wildman–Crippen MR) is 119 cm³/mol. The van der Waals surface area contributed by atoms with Crippen LogP contribution < -0.4 is 4.90 Å². The third kappa shape index (κ3) is 4.31. The maximum atomic E-state index is 12.8. The van der Waals surface area contributed by atoms with Gasteiger partial charge in [-0.25, -0.2) is 9.78 Å². The molecule has 0 aromatic carbocycles. The van der Waals surface area contributed by atoms with Gasteiger partial charge in [-0.15, -0.1) is 11.3 Å². The summed E-state index contributed by atoms with van der Waals surface area (Å²) in [6.07, 6.45) is 5.31. The number of carbonyl (C=O) groups excluding carboxylic acids is 2. The van der Waals surface area contributed by atoms with Crippen molar-refractivity contribution in [2.75, 3.05) is 11.4 Å². The minimum absolute atomic E-state index is 0.146. The number of ether oxygens (including phenoxy) is 1. The first-order chi connectivity index (χ1) is 15.6. The van der Waals surface area contributed by atoms with E-state index in [0.29, 0.717) is 35.9 Å². The summed E-state index contributed by atoms with van der Waals surface area (Å²) < 4.78 is 5.44. The van der Waals surface area contributed by atoms with E-state index >= 15 is 0 Å². The Morgan fingerprint density at radius 3 is 2.75 bits per heavy atom. The first kappa shape index (κ1) is 21.5. The Bertz CT molecular complexity index is 1160. The lowest BCUT2D eigenvalue weighted by atomic mass is 10.0. The van der Waals surface area contributed by atoms with Gasteiger partial charge in [-0.05, 0) is 41.8 Å². The Labute approximate surface area is 189 Å². The van der Waals surface area contributed by atoms with Gasteiger partial charge >= 0.3 is 6.09 Å². The van der Waals surface area contributed by atoms with Crippen molar-refractivity contribution in [3.63, 3.8) is 0 Å². The summed E-state index contributed by atoms with van der Waals surface area (Å²) in [4.78, 5) is 37.7. The normalized spacial score (nSPS) is 12.6. The molecule has 0 spiro atoms. The second-order valence-electron chi connectivity index (χ2n) is 7.15. The summed E-state index contributed by atoms with van der Waals surface area (Å²) in [5, 5.41) is 10.4. The summed E-state index contributed by atoms with van der Waals surface area (Å²) in [5.74, 6) is 0.329. The highest BCUT2D eigenvalue weighted by atomic mass is 32.1. The molecular weight excluding hydrogens is 426 g/mol. The van der Waals surface area contributed by atoms with Gasteiger partial charge in [-0.3, -0.25) is 14.7 Å². The molecule has 0 saturated carbocycles. The van der Waals surface area contributed by atoms with Crippen molar-refractivity contribution in [1.82, 2.24) is 14.9 Å². The number of thiophene rings is 1. The van der Waals surface area contributed by atoms with Crippen molar-refractivity contribution in [2.45, 2.75) is 32.9 Å². The van der Waals surface area contributed by atoms with Crippen LogP contribution in [0, 0.1) is 11.3 Å². The highest BCUT2D eigenvalue weighted by Crippen LogP contribution is 2.41. The minimum Gasteiger partial charge on any atom is -0.445 e. The average molecular weight is 448 g/mol. The van der Waals surface area contributed by atoms with E-state index < -0.39 is 6.09 Å². The fourth-order valence-electron chi connectivity index (χ4n) is 3.52. The second kappa shape index (κ2) is 9.58. The Morgan fingerprint density at radius 2 is 2.06 bits per heavy atom. The van der Waals surface area contributed by atoms with E-state index in [2.05, 4.69) is 16.0 Å². The molecule has 4 heterocycles. The molecule has 0 N–H and O–H groups in total. The van der Waals surface area contributed by atoms with E-state index in [0.717, 1.165) is 16.0 Å². The molecule has 3 aromatic rings. The highest BCUT2D eigenvalue weighted by Gasteiger charge is 2.31. The van der Waals surface area contributed by atoms with Crippen LogP contribution in [0.4, 0.5) is 15.6 Å². The largest absolute Gasteiger partial charge is 0.445 e. The van der Waals surface area contributed by atoms with Crippen LogP contribution in [-0.4, -0.2) is 33.4 Å². The number of carbonyl (C=O) groups is 2. The molecule has 162 valence electrons. The molecule has 8 nitrogen and oxygen atoms in total. The summed E-state index contributed by atoms with van der Waals surface area (Å²) >= 11 is 1.35. The Kier molecular flexibility index (Phi) is 6.42. The number of anilines is 2. The number of nitriles is 1. The lowest BCUT2D eigenvalue weighted by Gasteiger charge is -2.26. The van der Waals surface area contributed by atoms with Gasteiger partial charge in [0, 0.05) is 36.4 Å². The van der Waals surface area contributed by atoms with Gasteiger partial charge in [0.15, 0.2) is 0 Å². The Morgan fingerprint density at radius 1 is 1.25 bits per heavy atom. The average Bonchev–Trinajstić information content (AvgIpc) is 3.21. The maximum Gasteiger partial charge on any atom is 0.410 e. The van der Waals surface area contributed by atoms with Gasteiger partial charge in [0.2, 0.25) is 5.91 Å². The Balaban J connectivity index is 1.58. The van der Waals surface area contributed by atoms with Gasteiger partial charge < -0.3 is 9.64 Å². The first-order valence-electron chi connectivity index (χ1n) is 10.2. The van der Waals surface area contributed by atoms with Gasteiger partial charge in [-0.2, -0.15) is 5.26 Å². The van der Waals surface area contributed by atoms with E-state index in [1.165, 1.54) is 16.2 Å². The van der Waals surface area contributed by atoms with Crippen molar-refractivity contribution in [2.24, 2.45) is 0 Å². The highest BCUT2D eigenvalue weighted by molar-refractivity contribution is 7.16. The molecule has 32 heavy (non-hydrogen) atoms. The summed E-state index contributed by atoms with van der Waals surface area (Å²) in [6.45, 7) is 2.72. The fourth-order valence-corrected chi connectivity index (χ4v) is 4.86. The van der Waals surface area contributed by atoms with E-state index in [4.69, 9.17) is 4.74 Å². The molecule has 0 aliphatic carbocycles. The Hall–Kier alpha value is -3.77. The van der Waals surface area contributed by atoms with Gasteiger partial charge in [0.1, 0.15) is 23.5 Å². The van der Waals surface area contributed by atoms with Crippen molar-refractivity contribution < 1.29 is 14.3 Å². The number of rotatable bonds is 5. The minimum atomic E-state index is -0.410. The fraction of sp³-hybridized carbons (Fsp3) is 0.261. The van der Waals surface area contributed by atoms with Crippen LogP contribution in [0.2, 0.25) is 0 Å². The van der Waals surface area contributed by atoms with E-state index in [1.807, 2.05) is 0 Å². The quantitative estimate of drug-likeness (QED) is 0.582. The number of fused-ring (bicyclic) bond motifs is 1. The van der Waals surface area contributed by atoms with Crippen LogP contribution in [0.3, 0.4) is 0 Å². The van der Waals surface area contributed by atoms with E-state index in [1.54, 1.807) is 60.7 Å². The van der Waals surface area contributed by atoms with E-state index in [-0.39, 0.29) is 18.9 Å². The zero-order valence-electron chi connectivity index (χ0n) is 17.5. The lowest BCUT2D eigenvalue weighted by molar-refractivity contribution is -0.117. The molecule has 0 atom stereocenters. The molecule has 0 unspecified atom stereocenters. The molecule has 3 aromatic heterocycles. The van der Waals surface area contributed by atoms with Crippen LogP contribution in [0.25, 0.3) is 0 Å². The van der Waals surface area contributed by atoms with Crippen molar-refractivity contribution in [3.8, 4) is 6.07 Å². The molecule has 9 heteroatoms. The van der Waals surface area contributed by atoms with Crippen LogP contribution in [-0.2, 0) is 29.1 Å². The zero-order valence-corrected chi connectivity index (χ0v) is 18.3. The van der Waals surface area contributed by atoms with Crippen LogP contribution >= 0.6 is 11.3 Å². The van der Waals surface area contributed by atoms with E-state index in [9.17, 15) is 14.9 Å². The van der Waals surface area contributed by atoms with Crippen molar-refractivity contribution in [1.29, 1.82) is 5.26 Å². The zero-order chi connectivity index (χ0) is 22.5. The number of amides is 2. The number of nitrogens with zero attached hydrogens (tertiary/aromatic N) is 5. The first-order valence-corrected chi connectivity index (χ1v) is 11.0. The second-order valence-corrected chi connectivity index (χ2v) is 8.23. The molecule has 4 rings (SSSR count). The van der Waals surface area contributed by atoms with Crippen LogP contribution in [0.15, 0.2) is 48.9 Å². The number of pyridine rings is 2. The molecule has 2 amide bonds. The molecule has 1 aliphatic heterocycles. The molecule has 0 fully saturated rings. The third-order valence-electron chi connectivity index (χ3n) is 5.15. The third-order valence-corrected chi connectivity index (χ3v) is 6.36. The molecule has 0 saturated heterocycles. The van der Waals surface area contributed by atoms with Gasteiger partial charge in [0.05, 0.1) is 12.1 Å². The molecule has 1 aliphatic rings. The lowest BCUT2D eigenvalue weighted by Crippen LogP contribution is -2.35. The van der Waals surface area contributed by atoms with Gasteiger partial charge in [0.25, 0.3) is 0 Å².